The zero-order valence-corrected chi connectivity index (χ0v) is 17.4. The van der Waals surface area contributed by atoms with Crippen LogP contribution in [0.15, 0.2) is 54.6 Å². The van der Waals surface area contributed by atoms with Gasteiger partial charge >= 0.3 is 5.97 Å². The van der Waals surface area contributed by atoms with Crippen LogP contribution in [0.1, 0.15) is 37.0 Å². The summed E-state index contributed by atoms with van der Waals surface area (Å²) in [6.07, 6.45) is 3.95. The van der Waals surface area contributed by atoms with E-state index in [1.807, 2.05) is 31.2 Å². The SMILES string of the molecule is CCOc1ccc(/C=C/C(=O)O[C@H](C(=O)N2CCCC2)c2ccccc2)cc1OC. The Morgan fingerprint density at radius 3 is 2.47 bits per heavy atom. The van der Waals surface area contributed by atoms with Crippen molar-refractivity contribution in [3.8, 4) is 11.5 Å². The number of methoxy groups -OCH3 is 1. The number of amides is 1. The number of hydrogen-bond donors (Lipinski definition) is 0. The Hall–Kier alpha value is -3.28. The molecule has 1 amide bonds. The summed E-state index contributed by atoms with van der Waals surface area (Å²) < 4.78 is 16.4. The molecule has 0 unspecified atom stereocenters. The van der Waals surface area contributed by atoms with Crippen LogP contribution in [0, 0.1) is 0 Å². The lowest BCUT2D eigenvalue weighted by molar-refractivity contribution is -0.156. The van der Waals surface area contributed by atoms with Crippen LogP contribution in [0.2, 0.25) is 0 Å². The standard InChI is InChI=1S/C24H27NO5/c1-3-29-20-13-11-18(17-21(20)28-2)12-14-22(26)30-23(19-9-5-4-6-10-19)24(27)25-15-7-8-16-25/h4-6,9-14,17,23H,3,7-8,15-16H2,1-2H3/b14-12+/t23-/m0/s1. The van der Waals surface area contributed by atoms with Gasteiger partial charge in [0.25, 0.3) is 5.91 Å². The van der Waals surface area contributed by atoms with Gasteiger partial charge in [0.1, 0.15) is 0 Å². The van der Waals surface area contributed by atoms with Gasteiger partial charge in [-0.05, 0) is 43.5 Å². The number of hydrogen-bond acceptors (Lipinski definition) is 5. The molecular weight excluding hydrogens is 382 g/mol. The Morgan fingerprint density at radius 2 is 1.80 bits per heavy atom. The van der Waals surface area contributed by atoms with E-state index in [1.165, 1.54) is 6.08 Å². The van der Waals surface area contributed by atoms with Crippen molar-refractivity contribution in [2.45, 2.75) is 25.9 Å². The molecule has 1 fully saturated rings. The molecule has 0 radical (unpaired) electrons. The highest BCUT2D eigenvalue weighted by Crippen LogP contribution is 2.29. The molecule has 1 aliphatic heterocycles. The van der Waals surface area contributed by atoms with E-state index >= 15 is 0 Å². The first kappa shape index (κ1) is 21.4. The van der Waals surface area contributed by atoms with Crippen LogP contribution in [0.5, 0.6) is 11.5 Å². The number of benzene rings is 2. The minimum atomic E-state index is -0.948. The molecule has 1 aliphatic rings. The number of ether oxygens (including phenoxy) is 3. The summed E-state index contributed by atoms with van der Waals surface area (Å²) in [6, 6.07) is 14.5. The van der Waals surface area contributed by atoms with Gasteiger partial charge in [-0.15, -0.1) is 0 Å². The van der Waals surface area contributed by atoms with Crippen molar-refractivity contribution >= 4 is 18.0 Å². The summed E-state index contributed by atoms with van der Waals surface area (Å²) in [5.41, 5.74) is 1.42. The molecule has 0 bridgehead atoms. The third-order valence-electron chi connectivity index (χ3n) is 4.88. The fourth-order valence-corrected chi connectivity index (χ4v) is 3.37. The highest BCUT2D eigenvalue weighted by Gasteiger charge is 2.30. The molecule has 2 aromatic carbocycles. The minimum absolute atomic E-state index is 0.178. The first-order valence-electron chi connectivity index (χ1n) is 10.2. The van der Waals surface area contributed by atoms with Crippen molar-refractivity contribution in [2.24, 2.45) is 0 Å². The molecule has 0 saturated carbocycles. The molecule has 0 spiro atoms. The molecule has 0 aliphatic carbocycles. The van der Waals surface area contributed by atoms with Crippen molar-refractivity contribution in [3.63, 3.8) is 0 Å². The van der Waals surface area contributed by atoms with E-state index in [9.17, 15) is 9.59 Å². The van der Waals surface area contributed by atoms with Crippen LogP contribution in [-0.2, 0) is 14.3 Å². The normalized spacial score (nSPS) is 14.5. The molecule has 0 N–H and O–H groups in total. The number of carbonyl (C=O) groups is 2. The lowest BCUT2D eigenvalue weighted by Crippen LogP contribution is -2.34. The molecule has 3 rings (SSSR count). The van der Waals surface area contributed by atoms with Gasteiger partial charge < -0.3 is 19.1 Å². The highest BCUT2D eigenvalue weighted by atomic mass is 16.5. The Balaban J connectivity index is 1.73. The van der Waals surface area contributed by atoms with E-state index in [4.69, 9.17) is 14.2 Å². The number of esters is 1. The summed E-state index contributed by atoms with van der Waals surface area (Å²) in [4.78, 5) is 27.2. The Morgan fingerprint density at radius 1 is 1.07 bits per heavy atom. The summed E-state index contributed by atoms with van der Waals surface area (Å²) in [5.74, 6) is 0.464. The van der Waals surface area contributed by atoms with Crippen LogP contribution in [0.4, 0.5) is 0 Å². The predicted octanol–water partition coefficient (Wildman–Crippen LogP) is 4.01. The number of carbonyl (C=O) groups excluding carboxylic acids is 2. The third kappa shape index (κ3) is 5.41. The first-order chi connectivity index (χ1) is 14.6. The van der Waals surface area contributed by atoms with Gasteiger partial charge in [-0.2, -0.15) is 0 Å². The van der Waals surface area contributed by atoms with E-state index in [-0.39, 0.29) is 5.91 Å². The maximum atomic E-state index is 12.9. The van der Waals surface area contributed by atoms with E-state index in [2.05, 4.69) is 0 Å². The van der Waals surface area contributed by atoms with Crippen LogP contribution in [-0.4, -0.2) is 43.6 Å². The first-order valence-corrected chi connectivity index (χ1v) is 10.2. The average molecular weight is 409 g/mol. The second-order valence-electron chi connectivity index (χ2n) is 6.94. The predicted molar refractivity (Wildman–Crippen MR) is 114 cm³/mol. The molecule has 1 heterocycles. The van der Waals surface area contributed by atoms with Crippen molar-refractivity contribution in [3.05, 3.63) is 65.7 Å². The highest BCUT2D eigenvalue weighted by molar-refractivity contribution is 5.91. The topological polar surface area (TPSA) is 65.1 Å². The zero-order valence-electron chi connectivity index (χ0n) is 17.4. The molecule has 30 heavy (non-hydrogen) atoms. The molecular formula is C24H27NO5. The maximum Gasteiger partial charge on any atom is 0.331 e. The second kappa shape index (κ2) is 10.5. The van der Waals surface area contributed by atoms with Crippen LogP contribution in [0.25, 0.3) is 6.08 Å². The molecule has 0 aromatic heterocycles. The quantitative estimate of drug-likeness (QED) is 0.487. The Bertz CT molecular complexity index is 888. The molecule has 1 atom stereocenters. The lowest BCUT2D eigenvalue weighted by atomic mass is 10.1. The lowest BCUT2D eigenvalue weighted by Gasteiger charge is -2.23. The largest absolute Gasteiger partial charge is 0.493 e. The van der Waals surface area contributed by atoms with Crippen molar-refractivity contribution in [1.82, 2.24) is 4.90 Å². The molecule has 2 aromatic rings. The van der Waals surface area contributed by atoms with Crippen LogP contribution < -0.4 is 9.47 Å². The van der Waals surface area contributed by atoms with Crippen LogP contribution >= 0.6 is 0 Å². The third-order valence-corrected chi connectivity index (χ3v) is 4.88. The van der Waals surface area contributed by atoms with E-state index in [0.717, 1.165) is 18.4 Å². The number of rotatable bonds is 8. The fourth-order valence-electron chi connectivity index (χ4n) is 3.37. The van der Waals surface area contributed by atoms with E-state index in [1.54, 1.807) is 42.4 Å². The van der Waals surface area contributed by atoms with Gasteiger partial charge in [-0.25, -0.2) is 4.79 Å². The zero-order chi connectivity index (χ0) is 21.3. The Labute approximate surface area is 177 Å². The Kier molecular flexibility index (Phi) is 7.49. The van der Waals surface area contributed by atoms with Crippen molar-refractivity contribution in [1.29, 1.82) is 0 Å². The molecule has 6 nitrogen and oxygen atoms in total. The van der Waals surface area contributed by atoms with E-state index < -0.39 is 12.1 Å². The van der Waals surface area contributed by atoms with Gasteiger partial charge in [-0.3, -0.25) is 4.79 Å². The molecule has 158 valence electrons. The summed E-state index contributed by atoms with van der Waals surface area (Å²) in [6.45, 7) is 3.82. The molecule has 6 heteroatoms. The maximum absolute atomic E-state index is 12.9. The van der Waals surface area contributed by atoms with Gasteiger partial charge in [0.2, 0.25) is 6.10 Å². The molecule has 1 saturated heterocycles. The number of likely N-dealkylation sites (tertiary alicyclic amines) is 1. The summed E-state index contributed by atoms with van der Waals surface area (Å²) in [5, 5.41) is 0. The van der Waals surface area contributed by atoms with Gasteiger partial charge in [0.05, 0.1) is 13.7 Å². The fraction of sp³-hybridized carbons (Fsp3) is 0.333. The van der Waals surface area contributed by atoms with Crippen molar-refractivity contribution < 1.29 is 23.8 Å². The minimum Gasteiger partial charge on any atom is -0.493 e. The smallest absolute Gasteiger partial charge is 0.331 e. The van der Waals surface area contributed by atoms with Crippen LogP contribution in [0.3, 0.4) is 0 Å². The number of nitrogens with zero attached hydrogens (tertiary/aromatic N) is 1. The average Bonchev–Trinajstić information content (AvgIpc) is 3.32. The van der Waals surface area contributed by atoms with Gasteiger partial charge in [0, 0.05) is 24.7 Å². The summed E-state index contributed by atoms with van der Waals surface area (Å²) >= 11 is 0. The van der Waals surface area contributed by atoms with Gasteiger partial charge in [0.15, 0.2) is 11.5 Å². The van der Waals surface area contributed by atoms with Crippen molar-refractivity contribution in [2.75, 3.05) is 26.8 Å². The second-order valence-corrected chi connectivity index (χ2v) is 6.94. The summed E-state index contributed by atoms with van der Waals surface area (Å²) in [7, 11) is 1.56. The van der Waals surface area contributed by atoms with E-state index in [0.29, 0.717) is 36.8 Å². The van der Waals surface area contributed by atoms with Gasteiger partial charge in [-0.1, -0.05) is 36.4 Å². The monoisotopic (exact) mass is 409 g/mol.